The number of ether oxygens (including phenoxy) is 1. The van der Waals surface area contributed by atoms with Crippen LogP contribution in [0, 0.1) is 0 Å². The third-order valence-corrected chi connectivity index (χ3v) is 6.40. The standard InChI is InChI=1S/C25H50NO2/c1-4-5-6-7-8-9-10-11-12-13-14-15-16-17-18-19-25(27)28-24-20-22-26(2,3)23-21-24/h24H,4-23H2,1-3H3/q+1. The molecule has 1 rings (SSSR count). The minimum absolute atomic E-state index is 0.0342. The van der Waals surface area contributed by atoms with Crippen molar-refractivity contribution in [3.05, 3.63) is 0 Å². The molecule has 3 nitrogen and oxygen atoms in total. The van der Waals surface area contributed by atoms with Gasteiger partial charge in [0.05, 0.1) is 27.2 Å². The summed E-state index contributed by atoms with van der Waals surface area (Å²) in [6.07, 6.45) is 23.2. The molecule has 0 saturated carbocycles. The van der Waals surface area contributed by atoms with E-state index in [1.165, 1.54) is 89.9 Å². The lowest BCUT2D eigenvalue weighted by molar-refractivity contribution is -0.896. The van der Waals surface area contributed by atoms with Gasteiger partial charge in [-0.3, -0.25) is 4.79 Å². The lowest BCUT2D eigenvalue weighted by Gasteiger charge is -2.36. The Hall–Kier alpha value is -0.570. The van der Waals surface area contributed by atoms with E-state index in [4.69, 9.17) is 4.74 Å². The van der Waals surface area contributed by atoms with E-state index >= 15 is 0 Å². The van der Waals surface area contributed by atoms with Gasteiger partial charge in [-0.2, -0.15) is 0 Å². The Bertz CT molecular complexity index is 371. The SMILES string of the molecule is CCCCCCCCCCCCCCCCCC(=O)OC1CC[N+](C)(C)CC1. The Morgan fingerprint density at radius 2 is 1.11 bits per heavy atom. The zero-order valence-electron chi connectivity index (χ0n) is 19.5. The Balaban J connectivity index is 1.79. The van der Waals surface area contributed by atoms with Gasteiger partial charge in [-0.25, -0.2) is 0 Å². The van der Waals surface area contributed by atoms with Crippen molar-refractivity contribution in [1.29, 1.82) is 0 Å². The number of quaternary nitrogens is 1. The van der Waals surface area contributed by atoms with Crippen molar-refractivity contribution >= 4 is 5.97 Å². The average Bonchev–Trinajstić information content (AvgIpc) is 2.66. The summed E-state index contributed by atoms with van der Waals surface area (Å²) in [6.45, 7) is 4.53. The van der Waals surface area contributed by atoms with Gasteiger partial charge in [0, 0.05) is 19.3 Å². The molecule has 0 N–H and O–H groups in total. The third kappa shape index (κ3) is 14.4. The highest BCUT2D eigenvalue weighted by molar-refractivity contribution is 5.69. The van der Waals surface area contributed by atoms with Crippen LogP contribution in [0.1, 0.15) is 122 Å². The van der Waals surface area contributed by atoms with Crippen molar-refractivity contribution in [3.63, 3.8) is 0 Å². The number of likely N-dealkylation sites (tertiary alicyclic amines) is 1. The number of esters is 1. The number of hydrogen-bond acceptors (Lipinski definition) is 2. The number of nitrogens with zero attached hydrogens (tertiary/aromatic N) is 1. The molecule has 28 heavy (non-hydrogen) atoms. The first kappa shape index (κ1) is 25.5. The summed E-state index contributed by atoms with van der Waals surface area (Å²) in [5, 5.41) is 0. The number of carbonyl (C=O) groups is 1. The second-order valence-corrected chi connectivity index (χ2v) is 9.77. The van der Waals surface area contributed by atoms with E-state index in [9.17, 15) is 4.79 Å². The normalized spacial score (nSPS) is 17.0. The van der Waals surface area contributed by atoms with Gasteiger partial charge in [0.25, 0.3) is 0 Å². The van der Waals surface area contributed by atoms with Gasteiger partial charge in [0.1, 0.15) is 6.10 Å². The van der Waals surface area contributed by atoms with Crippen molar-refractivity contribution in [3.8, 4) is 0 Å². The zero-order chi connectivity index (χ0) is 20.5. The van der Waals surface area contributed by atoms with E-state index in [2.05, 4.69) is 21.0 Å². The Kier molecular flexibility index (Phi) is 14.8. The fourth-order valence-corrected chi connectivity index (χ4v) is 4.25. The van der Waals surface area contributed by atoms with Gasteiger partial charge in [-0.1, -0.05) is 96.8 Å². The first-order valence-electron chi connectivity index (χ1n) is 12.5. The lowest BCUT2D eigenvalue weighted by atomic mass is 10.0. The van der Waals surface area contributed by atoms with Crippen molar-refractivity contribution in [2.24, 2.45) is 0 Å². The molecule has 0 unspecified atom stereocenters. The molecule has 0 radical (unpaired) electrons. The van der Waals surface area contributed by atoms with Gasteiger partial charge in [-0.15, -0.1) is 0 Å². The molecule has 1 aliphatic rings. The van der Waals surface area contributed by atoms with Crippen LogP contribution in [0.25, 0.3) is 0 Å². The predicted octanol–water partition coefficient (Wildman–Crippen LogP) is 7.03. The largest absolute Gasteiger partial charge is 0.462 e. The number of piperidine rings is 1. The van der Waals surface area contributed by atoms with Crippen LogP contribution < -0.4 is 0 Å². The summed E-state index contributed by atoms with van der Waals surface area (Å²) in [5.41, 5.74) is 0. The minimum Gasteiger partial charge on any atom is -0.462 e. The monoisotopic (exact) mass is 396 g/mol. The molecule has 0 atom stereocenters. The summed E-state index contributed by atoms with van der Waals surface area (Å²) < 4.78 is 6.72. The Morgan fingerprint density at radius 1 is 0.714 bits per heavy atom. The topological polar surface area (TPSA) is 26.3 Å². The van der Waals surface area contributed by atoms with Gasteiger partial charge in [0.2, 0.25) is 0 Å². The maximum Gasteiger partial charge on any atom is 0.306 e. The van der Waals surface area contributed by atoms with Gasteiger partial charge in [0.15, 0.2) is 0 Å². The average molecular weight is 397 g/mol. The zero-order valence-corrected chi connectivity index (χ0v) is 19.5. The van der Waals surface area contributed by atoms with Crippen LogP contribution in [0.5, 0.6) is 0 Å². The third-order valence-electron chi connectivity index (χ3n) is 6.40. The number of carbonyl (C=O) groups excluding carboxylic acids is 1. The Labute approximate surface area is 176 Å². The van der Waals surface area contributed by atoms with Gasteiger partial charge >= 0.3 is 5.97 Å². The second kappa shape index (κ2) is 16.3. The molecular formula is C25H50NO2+. The second-order valence-electron chi connectivity index (χ2n) is 9.77. The smallest absolute Gasteiger partial charge is 0.306 e. The van der Waals surface area contributed by atoms with Gasteiger partial charge in [-0.05, 0) is 6.42 Å². The fraction of sp³-hybridized carbons (Fsp3) is 0.960. The van der Waals surface area contributed by atoms with Gasteiger partial charge < -0.3 is 9.22 Å². The van der Waals surface area contributed by atoms with Crippen LogP contribution in [0.4, 0.5) is 0 Å². The molecule has 0 amide bonds. The summed E-state index contributed by atoms with van der Waals surface area (Å²) in [7, 11) is 4.52. The quantitative estimate of drug-likeness (QED) is 0.150. The molecule has 1 fully saturated rings. The van der Waals surface area contributed by atoms with Crippen LogP contribution in [0.2, 0.25) is 0 Å². The highest BCUT2D eigenvalue weighted by Gasteiger charge is 2.28. The van der Waals surface area contributed by atoms with E-state index in [0.29, 0.717) is 6.42 Å². The Morgan fingerprint density at radius 3 is 1.54 bits per heavy atom. The fourth-order valence-electron chi connectivity index (χ4n) is 4.25. The predicted molar refractivity (Wildman–Crippen MR) is 121 cm³/mol. The van der Waals surface area contributed by atoms with Crippen LogP contribution in [-0.2, 0) is 9.53 Å². The highest BCUT2D eigenvalue weighted by Crippen LogP contribution is 2.18. The van der Waals surface area contributed by atoms with E-state index in [-0.39, 0.29) is 12.1 Å². The van der Waals surface area contributed by atoms with E-state index in [1.54, 1.807) is 0 Å². The molecule has 1 aliphatic heterocycles. The molecule has 0 aliphatic carbocycles. The molecule has 1 saturated heterocycles. The summed E-state index contributed by atoms with van der Waals surface area (Å²) in [5.74, 6) is 0.0342. The maximum absolute atomic E-state index is 12.0. The van der Waals surface area contributed by atoms with Crippen LogP contribution in [0.15, 0.2) is 0 Å². The summed E-state index contributed by atoms with van der Waals surface area (Å²) in [4.78, 5) is 12.0. The summed E-state index contributed by atoms with van der Waals surface area (Å²) in [6, 6.07) is 0. The molecule has 0 aromatic heterocycles. The van der Waals surface area contributed by atoms with Crippen molar-refractivity contribution in [2.45, 2.75) is 129 Å². The van der Waals surface area contributed by atoms with Crippen LogP contribution >= 0.6 is 0 Å². The molecule has 166 valence electrons. The number of unbranched alkanes of at least 4 members (excludes halogenated alkanes) is 14. The van der Waals surface area contributed by atoms with Crippen LogP contribution in [-0.4, -0.2) is 43.7 Å². The summed E-state index contributed by atoms with van der Waals surface area (Å²) >= 11 is 0. The molecule has 1 heterocycles. The van der Waals surface area contributed by atoms with E-state index in [0.717, 1.165) is 36.8 Å². The lowest BCUT2D eigenvalue weighted by Crippen LogP contribution is -2.48. The van der Waals surface area contributed by atoms with E-state index < -0.39 is 0 Å². The van der Waals surface area contributed by atoms with Crippen molar-refractivity contribution in [1.82, 2.24) is 0 Å². The first-order valence-corrected chi connectivity index (χ1v) is 12.5. The molecule has 0 spiro atoms. The van der Waals surface area contributed by atoms with Crippen LogP contribution in [0.3, 0.4) is 0 Å². The molecule has 0 aromatic carbocycles. The van der Waals surface area contributed by atoms with Crippen molar-refractivity contribution < 1.29 is 14.0 Å². The number of hydrogen-bond donors (Lipinski definition) is 0. The molecule has 3 heteroatoms. The number of rotatable bonds is 17. The molecular weight excluding hydrogens is 346 g/mol. The van der Waals surface area contributed by atoms with Crippen molar-refractivity contribution in [2.75, 3.05) is 27.2 Å². The minimum atomic E-state index is 0.0342. The highest BCUT2D eigenvalue weighted by atomic mass is 16.5. The molecule has 0 bridgehead atoms. The maximum atomic E-state index is 12.0. The van der Waals surface area contributed by atoms with E-state index in [1.807, 2.05) is 0 Å². The molecule has 0 aromatic rings. The first-order chi connectivity index (χ1) is 13.5.